The van der Waals surface area contributed by atoms with Crippen LogP contribution in [0.15, 0.2) is 0 Å². The van der Waals surface area contributed by atoms with E-state index in [0.717, 1.165) is 18.8 Å². The van der Waals surface area contributed by atoms with Crippen molar-refractivity contribution in [2.45, 2.75) is 12.5 Å². The second-order valence-corrected chi connectivity index (χ2v) is 2.18. The smallest absolute Gasteiger partial charge is 0.147 e. The van der Waals surface area contributed by atoms with E-state index < -0.39 is 0 Å². The Hall–Kier alpha value is 0.270. The molecule has 3 heteroatoms. The first-order chi connectivity index (χ1) is 3.93. The molecule has 0 aromatic carbocycles. The average Bonchev–Trinajstić information content (AvgIpc) is 2.19. The van der Waals surface area contributed by atoms with Crippen molar-refractivity contribution in [1.82, 2.24) is 0 Å². The molecule has 8 heavy (non-hydrogen) atoms. The lowest BCUT2D eigenvalue weighted by molar-refractivity contribution is 0.0463. The van der Waals surface area contributed by atoms with Gasteiger partial charge in [-0.15, -0.1) is 0 Å². The van der Waals surface area contributed by atoms with Crippen LogP contribution in [0.4, 0.5) is 0 Å². The average molecular weight is 133 g/mol. The first kappa shape index (κ1) is 6.39. The second-order valence-electron chi connectivity index (χ2n) is 1.77. The SMILES string of the molecule is [S]CCC1COCO1. The van der Waals surface area contributed by atoms with E-state index in [1.165, 1.54) is 0 Å². The van der Waals surface area contributed by atoms with E-state index in [4.69, 9.17) is 22.1 Å². The lowest BCUT2D eigenvalue weighted by atomic mass is 10.3. The van der Waals surface area contributed by atoms with E-state index in [0.29, 0.717) is 6.79 Å². The molecule has 0 aliphatic carbocycles. The highest BCUT2D eigenvalue weighted by Gasteiger charge is 2.13. The van der Waals surface area contributed by atoms with Gasteiger partial charge in [0, 0.05) is 5.75 Å². The molecule has 1 atom stereocenters. The Morgan fingerprint density at radius 2 is 2.50 bits per heavy atom. The minimum absolute atomic E-state index is 0.285. The van der Waals surface area contributed by atoms with Gasteiger partial charge in [0.15, 0.2) is 0 Å². The van der Waals surface area contributed by atoms with Gasteiger partial charge in [0.25, 0.3) is 0 Å². The third kappa shape index (κ3) is 1.65. The number of hydrogen-bond donors (Lipinski definition) is 0. The van der Waals surface area contributed by atoms with Crippen LogP contribution < -0.4 is 0 Å². The molecule has 1 rings (SSSR count). The van der Waals surface area contributed by atoms with Crippen LogP contribution in [0.2, 0.25) is 0 Å². The van der Waals surface area contributed by atoms with Gasteiger partial charge in [-0.1, -0.05) is 12.6 Å². The molecular weight excluding hydrogens is 124 g/mol. The summed E-state index contributed by atoms with van der Waals surface area (Å²) in [4.78, 5) is 0. The third-order valence-corrected chi connectivity index (χ3v) is 1.37. The van der Waals surface area contributed by atoms with Crippen LogP contribution >= 0.6 is 12.6 Å². The van der Waals surface area contributed by atoms with Crippen LogP contribution in [-0.4, -0.2) is 25.3 Å². The van der Waals surface area contributed by atoms with Crippen molar-refractivity contribution in [3.8, 4) is 0 Å². The van der Waals surface area contributed by atoms with Gasteiger partial charge >= 0.3 is 0 Å². The molecule has 47 valence electrons. The lowest BCUT2D eigenvalue weighted by Crippen LogP contribution is -2.08. The van der Waals surface area contributed by atoms with E-state index >= 15 is 0 Å². The van der Waals surface area contributed by atoms with Crippen LogP contribution in [0.25, 0.3) is 0 Å². The van der Waals surface area contributed by atoms with E-state index in [2.05, 4.69) is 0 Å². The van der Waals surface area contributed by atoms with Crippen molar-refractivity contribution in [2.75, 3.05) is 19.2 Å². The van der Waals surface area contributed by atoms with Gasteiger partial charge in [0.1, 0.15) is 6.79 Å². The molecule has 1 aliphatic rings. The molecule has 0 N–H and O–H groups in total. The zero-order valence-corrected chi connectivity index (χ0v) is 5.45. The molecule has 2 nitrogen and oxygen atoms in total. The van der Waals surface area contributed by atoms with Crippen LogP contribution in [0.1, 0.15) is 6.42 Å². The lowest BCUT2D eigenvalue weighted by Gasteiger charge is -2.01. The molecule has 1 fully saturated rings. The van der Waals surface area contributed by atoms with E-state index in [1.54, 1.807) is 0 Å². The van der Waals surface area contributed by atoms with Crippen molar-refractivity contribution in [2.24, 2.45) is 0 Å². The molecule has 1 unspecified atom stereocenters. The fourth-order valence-corrected chi connectivity index (χ4v) is 0.933. The summed E-state index contributed by atoms with van der Waals surface area (Å²) in [5, 5.41) is 0. The largest absolute Gasteiger partial charge is 0.353 e. The van der Waals surface area contributed by atoms with Gasteiger partial charge in [0.2, 0.25) is 0 Å². The zero-order chi connectivity index (χ0) is 5.82. The minimum atomic E-state index is 0.285. The molecule has 1 saturated heterocycles. The van der Waals surface area contributed by atoms with Crippen molar-refractivity contribution >= 4 is 12.6 Å². The van der Waals surface area contributed by atoms with Crippen molar-refractivity contribution in [3.05, 3.63) is 0 Å². The summed E-state index contributed by atoms with van der Waals surface area (Å²) in [7, 11) is 0. The molecule has 1 radical (unpaired) electrons. The maximum absolute atomic E-state index is 5.10. The number of hydrogen-bond acceptors (Lipinski definition) is 2. The van der Waals surface area contributed by atoms with E-state index in [-0.39, 0.29) is 6.10 Å². The number of rotatable bonds is 2. The van der Waals surface area contributed by atoms with Crippen LogP contribution in [0, 0.1) is 0 Å². The number of ether oxygens (including phenoxy) is 2. The fraction of sp³-hybridized carbons (Fsp3) is 1.00. The van der Waals surface area contributed by atoms with E-state index in [1.807, 2.05) is 0 Å². The summed E-state index contributed by atoms with van der Waals surface area (Å²) in [5.41, 5.74) is 0. The molecule has 0 aromatic heterocycles. The highest BCUT2D eigenvalue weighted by Crippen LogP contribution is 2.06. The summed E-state index contributed by atoms with van der Waals surface area (Å²) in [6.07, 6.45) is 1.24. The van der Waals surface area contributed by atoms with Crippen molar-refractivity contribution in [1.29, 1.82) is 0 Å². The standard InChI is InChI=1S/C5H9O2S/c8-2-1-5-3-6-4-7-5/h5H,1-4H2. The van der Waals surface area contributed by atoms with Gasteiger partial charge < -0.3 is 9.47 Å². The molecule has 0 aromatic rings. The maximum Gasteiger partial charge on any atom is 0.147 e. The monoisotopic (exact) mass is 133 g/mol. The third-order valence-electron chi connectivity index (χ3n) is 1.13. The first-order valence-electron chi connectivity index (χ1n) is 2.71. The molecule has 0 saturated carbocycles. The fourth-order valence-electron chi connectivity index (χ4n) is 0.670. The van der Waals surface area contributed by atoms with Gasteiger partial charge in [-0.25, -0.2) is 0 Å². The van der Waals surface area contributed by atoms with Crippen LogP contribution in [0.5, 0.6) is 0 Å². The predicted octanol–water partition coefficient (Wildman–Crippen LogP) is 0.947. The van der Waals surface area contributed by atoms with Crippen molar-refractivity contribution < 1.29 is 9.47 Å². The van der Waals surface area contributed by atoms with Crippen LogP contribution in [-0.2, 0) is 9.47 Å². The zero-order valence-electron chi connectivity index (χ0n) is 4.63. The Morgan fingerprint density at radius 1 is 1.62 bits per heavy atom. The molecular formula is C5H9O2S. The summed E-state index contributed by atoms with van der Waals surface area (Å²) < 4.78 is 10.0. The highest BCUT2D eigenvalue weighted by molar-refractivity contribution is 7.80. The summed E-state index contributed by atoms with van der Waals surface area (Å²) in [5.74, 6) is 0.772. The molecule has 0 bridgehead atoms. The quantitative estimate of drug-likeness (QED) is 0.558. The Bertz CT molecular complexity index is 61.4. The highest BCUT2D eigenvalue weighted by atomic mass is 32.1. The summed E-state index contributed by atoms with van der Waals surface area (Å²) >= 11 is 4.75. The Kier molecular flexibility index (Phi) is 2.66. The van der Waals surface area contributed by atoms with Crippen molar-refractivity contribution in [3.63, 3.8) is 0 Å². The first-order valence-corrected chi connectivity index (χ1v) is 3.28. The topological polar surface area (TPSA) is 18.5 Å². The van der Waals surface area contributed by atoms with Gasteiger partial charge in [-0.3, -0.25) is 0 Å². The second kappa shape index (κ2) is 3.33. The molecule has 1 aliphatic heterocycles. The van der Waals surface area contributed by atoms with Gasteiger partial charge in [0.05, 0.1) is 12.7 Å². The van der Waals surface area contributed by atoms with Crippen LogP contribution in [0.3, 0.4) is 0 Å². The Morgan fingerprint density at radius 3 is 3.00 bits per heavy atom. The molecule has 0 spiro atoms. The molecule has 1 heterocycles. The van der Waals surface area contributed by atoms with Gasteiger partial charge in [-0.2, -0.15) is 0 Å². The van der Waals surface area contributed by atoms with Gasteiger partial charge in [-0.05, 0) is 6.42 Å². The summed E-state index contributed by atoms with van der Waals surface area (Å²) in [6.45, 7) is 1.19. The normalized spacial score (nSPS) is 28.9. The Balaban J connectivity index is 2.06. The Labute approximate surface area is 54.6 Å². The van der Waals surface area contributed by atoms with E-state index in [9.17, 15) is 0 Å². The molecule has 0 amide bonds. The maximum atomic E-state index is 5.10. The predicted molar refractivity (Wildman–Crippen MR) is 32.8 cm³/mol. The summed E-state index contributed by atoms with van der Waals surface area (Å²) in [6, 6.07) is 0. The minimum Gasteiger partial charge on any atom is -0.353 e.